The highest BCUT2D eigenvalue weighted by Gasteiger charge is 2.39. The van der Waals surface area contributed by atoms with E-state index in [1.807, 2.05) is 11.3 Å². The van der Waals surface area contributed by atoms with Crippen molar-refractivity contribution < 1.29 is 9.47 Å². The minimum absolute atomic E-state index is 0.0689. The third-order valence-electron chi connectivity index (χ3n) is 4.05. The van der Waals surface area contributed by atoms with Gasteiger partial charge in [0, 0.05) is 25.1 Å². The van der Waals surface area contributed by atoms with Crippen LogP contribution in [0.2, 0.25) is 0 Å². The lowest BCUT2D eigenvalue weighted by Gasteiger charge is -2.26. The molecule has 1 aliphatic carbocycles. The molecule has 1 fully saturated rings. The van der Waals surface area contributed by atoms with E-state index in [9.17, 15) is 0 Å². The van der Waals surface area contributed by atoms with Gasteiger partial charge in [-0.1, -0.05) is 0 Å². The molecule has 1 N–H and O–H groups in total. The molecule has 4 nitrogen and oxygen atoms in total. The first-order valence-electron chi connectivity index (χ1n) is 7.15. The first-order valence-corrected chi connectivity index (χ1v) is 7.96. The summed E-state index contributed by atoms with van der Waals surface area (Å²) in [6.45, 7) is 3.14. The Labute approximate surface area is 118 Å². The summed E-state index contributed by atoms with van der Waals surface area (Å²) in [5, 5.41) is 4.85. The molecular formula is C14H22N2O2S. The third-order valence-corrected chi connectivity index (χ3v) is 5.41. The van der Waals surface area contributed by atoms with Crippen molar-refractivity contribution in [2.75, 3.05) is 33.5 Å². The Bertz CT molecular complexity index is 404. The van der Waals surface area contributed by atoms with E-state index in [0.717, 1.165) is 39.2 Å². The van der Waals surface area contributed by atoms with Crippen LogP contribution in [0.25, 0.3) is 0 Å². The molecule has 2 heterocycles. The van der Waals surface area contributed by atoms with Crippen molar-refractivity contribution in [2.24, 2.45) is 0 Å². The molecule has 0 spiro atoms. The van der Waals surface area contributed by atoms with E-state index in [-0.39, 0.29) is 5.54 Å². The Morgan fingerprint density at radius 1 is 1.42 bits per heavy atom. The first kappa shape index (κ1) is 13.5. The Balaban J connectivity index is 1.81. The van der Waals surface area contributed by atoms with Gasteiger partial charge in [-0.05, 0) is 32.1 Å². The molecule has 0 bridgehead atoms. The summed E-state index contributed by atoms with van der Waals surface area (Å²) in [6.07, 6.45) is 5.98. The molecule has 0 radical (unpaired) electrons. The molecule has 5 heteroatoms. The fourth-order valence-electron chi connectivity index (χ4n) is 2.90. The van der Waals surface area contributed by atoms with Crippen molar-refractivity contribution in [3.63, 3.8) is 0 Å². The van der Waals surface area contributed by atoms with Crippen molar-refractivity contribution in [3.05, 3.63) is 15.6 Å². The molecule has 19 heavy (non-hydrogen) atoms. The zero-order valence-corrected chi connectivity index (χ0v) is 12.4. The SMILES string of the molecule is COCCNC1(c2nc3c(s2)CCCC3)CCOC1. The molecule has 1 atom stereocenters. The van der Waals surface area contributed by atoms with Gasteiger partial charge in [-0.2, -0.15) is 0 Å². The molecule has 2 aliphatic rings. The molecule has 0 amide bonds. The normalized spacial score (nSPS) is 26.6. The molecule has 1 aliphatic heterocycles. The van der Waals surface area contributed by atoms with Crippen LogP contribution in [0.1, 0.15) is 34.8 Å². The summed E-state index contributed by atoms with van der Waals surface area (Å²) < 4.78 is 10.8. The summed E-state index contributed by atoms with van der Waals surface area (Å²) in [4.78, 5) is 6.42. The van der Waals surface area contributed by atoms with E-state index in [1.165, 1.54) is 34.8 Å². The fourth-order valence-corrected chi connectivity index (χ4v) is 4.23. The predicted octanol–water partition coefficient (Wildman–Crippen LogP) is 1.87. The van der Waals surface area contributed by atoms with E-state index in [0.29, 0.717) is 0 Å². The average molecular weight is 282 g/mol. The van der Waals surface area contributed by atoms with Gasteiger partial charge in [-0.25, -0.2) is 4.98 Å². The number of fused-ring (bicyclic) bond motifs is 1. The number of aromatic nitrogens is 1. The Kier molecular flexibility index (Phi) is 4.17. The number of nitrogens with zero attached hydrogens (tertiary/aromatic N) is 1. The predicted molar refractivity (Wildman–Crippen MR) is 75.7 cm³/mol. The van der Waals surface area contributed by atoms with Gasteiger partial charge in [0.05, 0.1) is 24.4 Å². The van der Waals surface area contributed by atoms with Crippen LogP contribution in [0.3, 0.4) is 0 Å². The second-order valence-electron chi connectivity index (χ2n) is 5.40. The van der Waals surface area contributed by atoms with Crippen molar-refractivity contribution in [1.29, 1.82) is 0 Å². The second kappa shape index (κ2) is 5.87. The van der Waals surface area contributed by atoms with Crippen LogP contribution in [0.15, 0.2) is 0 Å². The lowest BCUT2D eigenvalue weighted by molar-refractivity contribution is 0.152. The monoisotopic (exact) mass is 282 g/mol. The van der Waals surface area contributed by atoms with E-state index in [2.05, 4.69) is 5.32 Å². The maximum absolute atomic E-state index is 5.64. The maximum Gasteiger partial charge on any atom is 0.116 e. The summed E-state index contributed by atoms with van der Waals surface area (Å²) in [5.74, 6) is 0. The molecule has 3 rings (SSSR count). The van der Waals surface area contributed by atoms with E-state index >= 15 is 0 Å². The van der Waals surface area contributed by atoms with E-state index < -0.39 is 0 Å². The Morgan fingerprint density at radius 3 is 3.05 bits per heavy atom. The number of thiazole rings is 1. The van der Waals surface area contributed by atoms with Crippen LogP contribution >= 0.6 is 11.3 Å². The molecule has 1 aromatic rings. The highest BCUT2D eigenvalue weighted by molar-refractivity contribution is 7.11. The van der Waals surface area contributed by atoms with Crippen LogP contribution in [-0.2, 0) is 27.9 Å². The van der Waals surface area contributed by atoms with Crippen molar-refractivity contribution >= 4 is 11.3 Å². The van der Waals surface area contributed by atoms with Crippen LogP contribution in [0.4, 0.5) is 0 Å². The number of ether oxygens (including phenoxy) is 2. The van der Waals surface area contributed by atoms with E-state index in [1.54, 1.807) is 7.11 Å². The van der Waals surface area contributed by atoms with Gasteiger partial charge in [0.15, 0.2) is 0 Å². The topological polar surface area (TPSA) is 43.4 Å². The first-order chi connectivity index (χ1) is 9.34. The fraction of sp³-hybridized carbons (Fsp3) is 0.786. The van der Waals surface area contributed by atoms with Crippen molar-refractivity contribution in [1.82, 2.24) is 10.3 Å². The minimum atomic E-state index is -0.0689. The zero-order valence-electron chi connectivity index (χ0n) is 11.5. The number of rotatable bonds is 5. The summed E-state index contributed by atoms with van der Waals surface area (Å²) in [5.41, 5.74) is 1.27. The molecule has 1 saturated heterocycles. The standard InChI is InChI=1S/C14H22N2O2S/c1-17-9-7-15-14(6-8-18-10-14)13-16-11-4-2-3-5-12(11)19-13/h15H,2-10H2,1H3. The van der Waals surface area contributed by atoms with Crippen LogP contribution < -0.4 is 5.32 Å². The molecule has 106 valence electrons. The van der Waals surface area contributed by atoms with Gasteiger partial charge in [-0.3, -0.25) is 0 Å². The van der Waals surface area contributed by atoms with Crippen molar-refractivity contribution in [3.8, 4) is 0 Å². The van der Waals surface area contributed by atoms with Gasteiger partial charge in [0.25, 0.3) is 0 Å². The molecule has 0 saturated carbocycles. The number of methoxy groups -OCH3 is 1. The smallest absolute Gasteiger partial charge is 0.116 e. The summed E-state index contributed by atoms with van der Waals surface area (Å²) >= 11 is 1.90. The zero-order chi connectivity index (χ0) is 13.1. The maximum atomic E-state index is 5.64. The average Bonchev–Trinajstić information content (AvgIpc) is 3.06. The van der Waals surface area contributed by atoms with Crippen LogP contribution in [-0.4, -0.2) is 38.5 Å². The lowest BCUT2D eigenvalue weighted by atomic mass is 9.99. The summed E-state index contributed by atoms with van der Waals surface area (Å²) in [6, 6.07) is 0. The number of nitrogens with one attached hydrogen (secondary N) is 1. The largest absolute Gasteiger partial charge is 0.383 e. The van der Waals surface area contributed by atoms with E-state index in [4.69, 9.17) is 14.5 Å². The number of aryl methyl sites for hydroxylation is 2. The molecule has 0 aromatic carbocycles. The molecule has 1 aromatic heterocycles. The second-order valence-corrected chi connectivity index (χ2v) is 6.48. The highest BCUT2D eigenvalue weighted by atomic mass is 32.1. The third kappa shape index (κ3) is 2.70. The quantitative estimate of drug-likeness (QED) is 0.837. The minimum Gasteiger partial charge on any atom is -0.383 e. The highest BCUT2D eigenvalue weighted by Crippen LogP contribution is 2.37. The Hall–Kier alpha value is -0.490. The van der Waals surface area contributed by atoms with Crippen molar-refractivity contribution in [2.45, 2.75) is 37.6 Å². The van der Waals surface area contributed by atoms with Gasteiger partial charge < -0.3 is 14.8 Å². The van der Waals surface area contributed by atoms with Gasteiger partial charge in [0.1, 0.15) is 5.01 Å². The summed E-state index contributed by atoms with van der Waals surface area (Å²) in [7, 11) is 1.74. The molecular weight excluding hydrogens is 260 g/mol. The van der Waals surface area contributed by atoms with Gasteiger partial charge in [0.2, 0.25) is 0 Å². The molecule has 1 unspecified atom stereocenters. The van der Waals surface area contributed by atoms with Crippen LogP contribution in [0.5, 0.6) is 0 Å². The number of hydrogen-bond acceptors (Lipinski definition) is 5. The number of hydrogen-bond donors (Lipinski definition) is 1. The van der Waals surface area contributed by atoms with Crippen LogP contribution in [0, 0.1) is 0 Å². The Morgan fingerprint density at radius 2 is 2.32 bits per heavy atom. The lowest BCUT2D eigenvalue weighted by Crippen LogP contribution is -2.44. The van der Waals surface area contributed by atoms with Gasteiger partial charge in [-0.15, -0.1) is 11.3 Å². The van der Waals surface area contributed by atoms with Gasteiger partial charge >= 0.3 is 0 Å².